The van der Waals surface area contributed by atoms with Gasteiger partial charge in [0.05, 0.1) is 24.0 Å². The minimum absolute atomic E-state index is 0.290. The molecule has 1 amide bonds. The molecule has 3 N–H and O–H groups in total. The van der Waals surface area contributed by atoms with E-state index in [0.29, 0.717) is 28.4 Å². The SMILES string of the molecule is COc1ccccc1C(=O)ONc1ccc(N=NC(=O)c2ccccc2N)cc1. The van der Waals surface area contributed by atoms with Gasteiger partial charge in [-0.3, -0.25) is 4.79 Å². The molecule has 8 nitrogen and oxygen atoms in total. The quantitative estimate of drug-likeness (QED) is 0.366. The molecule has 0 aliphatic carbocycles. The third-order valence-corrected chi connectivity index (χ3v) is 3.90. The maximum Gasteiger partial charge on any atom is 0.366 e. The molecule has 29 heavy (non-hydrogen) atoms. The van der Waals surface area contributed by atoms with E-state index in [0.717, 1.165) is 0 Å². The molecule has 0 aliphatic heterocycles. The predicted octanol–water partition coefficient (Wildman–Crippen LogP) is 4.39. The summed E-state index contributed by atoms with van der Waals surface area (Å²) < 4.78 is 5.13. The molecule has 3 rings (SSSR count). The van der Waals surface area contributed by atoms with Gasteiger partial charge in [0.1, 0.15) is 11.3 Å². The number of nitrogen functional groups attached to an aromatic ring is 1. The van der Waals surface area contributed by atoms with Gasteiger partial charge in [0, 0.05) is 5.69 Å². The van der Waals surface area contributed by atoms with Crippen molar-refractivity contribution in [2.45, 2.75) is 0 Å². The molecule has 0 saturated heterocycles. The molecule has 0 spiro atoms. The van der Waals surface area contributed by atoms with Crippen LogP contribution >= 0.6 is 0 Å². The van der Waals surface area contributed by atoms with E-state index in [1.165, 1.54) is 7.11 Å². The first-order valence-electron chi connectivity index (χ1n) is 8.59. The highest BCUT2D eigenvalue weighted by Crippen LogP contribution is 2.21. The first kappa shape index (κ1) is 19.6. The largest absolute Gasteiger partial charge is 0.496 e. The number of benzene rings is 3. The third kappa shape index (κ3) is 4.95. The minimum atomic E-state index is -0.586. The smallest absolute Gasteiger partial charge is 0.366 e. The monoisotopic (exact) mass is 390 g/mol. The van der Waals surface area contributed by atoms with Crippen LogP contribution in [-0.4, -0.2) is 19.0 Å². The fourth-order valence-electron chi connectivity index (χ4n) is 2.42. The van der Waals surface area contributed by atoms with Gasteiger partial charge < -0.3 is 15.3 Å². The zero-order valence-electron chi connectivity index (χ0n) is 15.5. The van der Waals surface area contributed by atoms with Crippen LogP contribution in [-0.2, 0) is 4.84 Å². The highest BCUT2D eigenvalue weighted by molar-refractivity contribution is 5.99. The van der Waals surface area contributed by atoms with Crippen molar-refractivity contribution in [1.29, 1.82) is 0 Å². The Bertz CT molecular complexity index is 1050. The number of ether oxygens (including phenoxy) is 1. The lowest BCUT2D eigenvalue weighted by Crippen LogP contribution is -2.11. The second-order valence-electron chi connectivity index (χ2n) is 5.83. The van der Waals surface area contributed by atoms with Gasteiger partial charge in [-0.25, -0.2) is 10.3 Å². The Morgan fingerprint density at radius 1 is 0.897 bits per heavy atom. The number of hydrogen-bond acceptors (Lipinski definition) is 7. The number of nitrogens with zero attached hydrogens (tertiary/aromatic N) is 2. The van der Waals surface area contributed by atoms with Crippen LogP contribution in [0, 0.1) is 0 Å². The van der Waals surface area contributed by atoms with Crippen molar-refractivity contribution in [1.82, 2.24) is 0 Å². The van der Waals surface area contributed by atoms with Crippen molar-refractivity contribution in [3.05, 3.63) is 83.9 Å². The van der Waals surface area contributed by atoms with Gasteiger partial charge >= 0.3 is 5.97 Å². The van der Waals surface area contributed by atoms with Gasteiger partial charge in [-0.2, -0.15) is 0 Å². The standard InChI is InChI=1S/C21H18N4O4/c1-28-19-9-5-3-7-17(19)21(27)29-25-15-12-10-14(11-13-15)23-24-20(26)16-6-2-4-8-18(16)22/h2-13,25H,22H2,1H3. The molecule has 0 fully saturated rings. The summed E-state index contributed by atoms with van der Waals surface area (Å²) in [5.74, 6) is -0.702. The van der Waals surface area contributed by atoms with Crippen molar-refractivity contribution >= 4 is 28.9 Å². The molecule has 0 aliphatic rings. The van der Waals surface area contributed by atoms with Crippen molar-refractivity contribution in [3.8, 4) is 5.75 Å². The number of carbonyl (C=O) groups excluding carboxylic acids is 2. The number of anilines is 2. The Balaban J connectivity index is 1.59. The molecule has 0 saturated carbocycles. The maximum atomic E-state index is 12.2. The number of amides is 1. The minimum Gasteiger partial charge on any atom is -0.496 e. The van der Waals surface area contributed by atoms with Crippen LogP contribution in [0.5, 0.6) is 5.75 Å². The first-order valence-corrected chi connectivity index (χ1v) is 8.59. The summed E-state index contributed by atoms with van der Waals surface area (Å²) in [4.78, 5) is 29.3. The molecule has 8 heteroatoms. The summed E-state index contributed by atoms with van der Waals surface area (Å²) in [5.41, 5.74) is 10.2. The number of hydrogen-bond donors (Lipinski definition) is 2. The Kier molecular flexibility index (Phi) is 6.16. The van der Waals surface area contributed by atoms with Crippen LogP contribution in [0.2, 0.25) is 0 Å². The number of para-hydroxylation sites is 2. The number of rotatable bonds is 6. The second-order valence-corrected chi connectivity index (χ2v) is 5.83. The Hall–Kier alpha value is -4.20. The molecule has 0 unspecified atom stereocenters. The summed E-state index contributed by atoms with van der Waals surface area (Å²) >= 11 is 0. The van der Waals surface area contributed by atoms with E-state index in [9.17, 15) is 9.59 Å². The molecule has 146 valence electrons. The van der Waals surface area contributed by atoms with Crippen LogP contribution in [0.3, 0.4) is 0 Å². The second kappa shape index (κ2) is 9.14. The highest BCUT2D eigenvalue weighted by Gasteiger charge is 2.13. The van der Waals surface area contributed by atoms with Crippen LogP contribution < -0.4 is 16.0 Å². The lowest BCUT2D eigenvalue weighted by Gasteiger charge is -2.09. The molecule has 3 aromatic rings. The third-order valence-electron chi connectivity index (χ3n) is 3.90. The van der Waals surface area contributed by atoms with Crippen molar-refractivity contribution in [2.75, 3.05) is 18.3 Å². The van der Waals surface area contributed by atoms with Gasteiger partial charge in [0.25, 0.3) is 5.91 Å². The number of methoxy groups -OCH3 is 1. The summed E-state index contributed by atoms with van der Waals surface area (Å²) in [6.07, 6.45) is 0. The molecule has 0 radical (unpaired) electrons. The van der Waals surface area contributed by atoms with Gasteiger partial charge in [-0.05, 0) is 48.5 Å². The highest BCUT2D eigenvalue weighted by atomic mass is 16.7. The molecular weight excluding hydrogens is 372 g/mol. The van der Waals surface area contributed by atoms with Crippen LogP contribution in [0.4, 0.5) is 17.1 Å². The van der Waals surface area contributed by atoms with E-state index in [-0.39, 0.29) is 5.56 Å². The van der Waals surface area contributed by atoms with Gasteiger partial charge in [0.15, 0.2) is 0 Å². The van der Waals surface area contributed by atoms with Crippen LogP contribution in [0.15, 0.2) is 83.0 Å². The summed E-state index contributed by atoms with van der Waals surface area (Å²) in [5, 5.41) is 7.57. The van der Waals surface area contributed by atoms with Gasteiger partial charge in [-0.1, -0.05) is 24.3 Å². The molecule has 0 bridgehead atoms. The van der Waals surface area contributed by atoms with Gasteiger partial charge in [-0.15, -0.1) is 10.2 Å². The van der Waals surface area contributed by atoms with Crippen molar-refractivity contribution < 1.29 is 19.2 Å². The van der Waals surface area contributed by atoms with E-state index >= 15 is 0 Å². The zero-order chi connectivity index (χ0) is 20.6. The lowest BCUT2D eigenvalue weighted by atomic mass is 10.2. The number of azo groups is 1. The van der Waals surface area contributed by atoms with Crippen molar-refractivity contribution in [2.24, 2.45) is 10.2 Å². The fraction of sp³-hybridized carbons (Fsp3) is 0.0476. The topological polar surface area (TPSA) is 115 Å². The average molecular weight is 390 g/mol. The maximum absolute atomic E-state index is 12.2. The summed E-state index contributed by atoms with van der Waals surface area (Å²) in [6.45, 7) is 0. The molecule has 3 aromatic carbocycles. The Morgan fingerprint density at radius 3 is 2.24 bits per heavy atom. The fourth-order valence-corrected chi connectivity index (χ4v) is 2.42. The number of carbonyl (C=O) groups is 2. The Labute approximate surface area is 166 Å². The van der Waals surface area contributed by atoms with Crippen molar-refractivity contribution in [3.63, 3.8) is 0 Å². The molecular formula is C21H18N4O4. The first-order chi connectivity index (χ1) is 14.1. The average Bonchev–Trinajstić information content (AvgIpc) is 2.76. The number of nitrogens with two attached hydrogens (primary N) is 1. The number of nitrogens with one attached hydrogen (secondary N) is 1. The van der Waals surface area contributed by atoms with E-state index in [2.05, 4.69) is 15.7 Å². The van der Waals surface area contributed by atoms with E-state index in [1.54, 1.807) is 72.8 Å². The van der Waals surface area contributed by atoms with E-state index < -0.39 is 11.9 Å². The zero-order valence-corrected chi connectivity index (χ0v) is 15.5. The summed E-state index contributed by atoms with van der Waals surface area (Å²) in [7, 11) is 1.48. The van der Waals surface area contributed by atoms with E-state index in [4.69, 9.17) is 15.3 Å². The Morgan fingerprint density at radius 2 is 1.55 bits per heavy atom. The van der Waals surface area contributed by atoms with E-state index in [1.807, 2.05) is 0 Å². The molecule has 0 heterocycles. The van der Waals surface area contributed by atoms with Crippen LogP contribution in [0.25, 0.3) is 0 Å². The van der Waals surface area contributed by atoms with Crippen LogP contribution in [0.1, 0.15) is 20.7 Å². The molecule has 0 atom stereocenters. The van der Waals surface area contributed by atoms with Gasteiger partial charge in [0.2, 0.25) is 0 Å². The predicted molar refractivity (Wildman–Crippen MR) is 108 cm³/mol. The molecule has 0 aromatic heterocycles. The normalized spacial score (nSPS) is 10.5. The lowest BCUT2D eigenvalue weighted by molar-refractivity contribution is 0.0592. The summed E-state index contributed by atoms with van der Waals surface area (Å²) in [6, 6.07) is 19.9.